The molecule has 0 aliphatic carbocycles. The third-order valence-electron chi connectivity index (χ3n) is 3.86. The highest BCUT2D eigenvalue weighted by atomic mass is 127. The summed E-state index contributed by atoms with van der Waals surface area (Å²) in [5.74, 6) is 1.07. The van der Waals surface area contributed by atoms with E-state index >= 15 is 0 Å². The van der Waals surface area contributed by atoms with E-state index in [4.69, 9.17) is 10.5 Å². The molecule has 9 heteroatoms. The third-order valence-corrected chi connectivity index (χ3v) is 5.88. The maximum Gasteiger partial charge on any atom is 0.331 e. The van der Waals surface area contributed by atoms with E-state index in [0.29, 0.717) is 23.2 Å². The van der Waals surface area contributed by atoms with Crippen LogP contribution in [0.4, 0.5) is 0 Å². The summed E-state index contributed by atoms with van der Waals surface area (Å²) in [4.78, 5) is 16.1. The van der Waals surface area contributed by atoms with Crippen molar-refractivity contribution in [3.63, 3.8) is 0 Å². The molecule has 152 valence electrons. The number of aliphatic hydroxyl groups excluding tert-OH is 1. The Bertz CT molecular complexity index is 465. The molecule has 0 radical (unpaired) electrons. The molecule has 6 nitrogen and oxygen atoms in total. The maximum absolute atomic E-state index is 11.7. The molecule has 0 fully saturated rings. The van der Waals surface area contributed by atoms with E-state index in [-0.39, 0.29) is 11.9 Å². The molecule has 0 spiro atoms. The highest BCUT2D eigenvalue weighted by molar-refractivity contribution is 14.2. The van der Waals surface area contributed by atoms with E-state index in [0.717, 1.165) is 32.1 Å². The van der Waals surface area contributed by atoms with Crippen molar-refractivity contribution >= 4 is 58.9 Å². The summed E-state index contributed by atoms with van der Waals surface area (Å²) in [5.41, 5.74) is 5.77. The standard InChI is InChI=1S/C15H26IN3O3S2.C2H6/c1-3-10(7-5-6-8-12(17)19-24-16)13(20)14-18-11(9-23-14)15(21)22-4-2;1-2/h10-11,13,20H,3-9H2,1-2H3,(H2,17,19);1-2H3. The Morgan fingerprint density at radius 1 is 1.50 bits per heavy atom. The molecule has 1 rings (SSSR count). The Labute approximate surface area is 178 Å². The molecule has 0 saturated carbocycles. The van der Waals surface area contributed by atoms with Gasteiger partial charge in [-0.1, -0.05) is 33.6 Å². The minimum atomic E-state index is -0.602. The molecule has 0 aromatic heterocycles. The van der Waals surface area contributed by atoms with Crippen LogP contribution in [0.25, 0.3) is 0 Å². The fraction of sp³-hybridized carbons (Fsp3) is 0.824. The van der Waals surface area contributed by atoms with Gasteiger partial charge in [-0.25, -0.2) is 4.79 Å². The minimum absolute atomic E-state index is 0.148. The average Bonchev–Trinajstić information content (AvgIpc) is 3.14. The first-order valence-electron chi connectivity index (χ1n) is 9.18. The van der Waals surface area contributed by atoms with Gasteiger partial charge in [-0.3, -0.25) is 4.99 Å². The third kappa shape index (κ3) is 9.80. The van der Waals surface area contributed by atoms with Gasteiger partial charge in [0.1, 0.15) is 11.9 Å². The van der Waals surface area contributed by atoms with E-state index in [9.17, 15) is 9.90 Å². The molecule has 3 atom stereocenters. The second kappa shape index (κ2) is 16.0. The number of carbonyl (C=O) groups is 1. The molecule has 0 aromatic carbocycles. The van der Waals surface area contributed by atoms with Crippen LogP contribution in [0.1, 0.15) is 59.8 Å². The smallest absolute Gasteiger partial charge is 0.331 e. The summed E-state index contributed by atoms with van der Waals surface area (Å²) >= 11 is 3.55. The molecule has 0 bridgehead atoms. The fourth-order valence-electron chi connectivity index (χ4n) is 2.50. The molecule has 0 saturated heterocycles. The van der Waals surface area contributed by atoms with Crippen LogP contribution in [-0.4, -0.2) is 46.5 Å². The topological polar surface area (TPSA) is 97.3 Å². The van der Waals surface area contributed by atoms with Gasteiger partial charge in [0.25, 0.3) is 0 Å². The largest absolute Gasteiger partial charge is 0.464 e. The van der Waals surface area contributed by atoms with Gasteiger partial charge in [-0.05, 0) is 25.7 Å². The number of aliphatic hydroxyl groups is 1. The zero-order valence-electron chi connectivity index (χ0n) is 16.1. The van der Waals surface area contributed by atoms with Gasteiger partial charge < -0.3 is 15.6 Å². The van der Waals surface area contributed by atoms with Gasteiger partial charge in [0.15, 0.2) is 6.04 Å². The van der Waals surface area contributed by atoms with Gasteiger partial charge in [-0.15, -0.1) is 11.8 Å². The summed E-state index contributed by atoms with van der Waals surface area (Å²) < 4.78 is 9.08. The highest BCUT2D eigenvalue weighted by Crippen LogP contribution is 2.28. The second-order valence-corrected chi connectivity index (χ2v) is 8.10. The van der Waals surface area contributed by atoms with Crippen molar-refractivity contribution in [1.82, 2.24) is 0 Å². The van der Waals surface area contributed by atoms with Gasteiger partial charge in [0.05, 0.1) is 11.7 Å². The number of amidine groups is 1. The lowest BCUT2D eigenvalue weighted by Gasteiger charge is -2.21. The Morgan fingerprint density at radius 2 is 2.19 bits per heavy atom. The zero-order chi connectivity index (χ0) is 19.9. The van der Waals surface area contributed by atoms with Crippen LogP contribution in [0.2, 0.25) is 0 Å². The fourth-order valence-corrected chi connectivity index (χ4v) is 4.55. The summed E-state index contributed by atoms with van der Waals surface area (Å²) in [6, 6.07) is -0.473. The van der Waals surface area contributed by atoms with Crippen LogP contribution in [0.15, 0.2) is 9.39 Å². The number of aliphatic imine (C=N–C) groups is 1. The molecule has 1 heterocycles. The van der Waals surface area contributed by atoms with Crippen molar-refractivity contribution in [3.05, 3.63) is 0 Å². The number of esters is 1. The first kappa shape index (κ1) is 26.0. The lowest BCUT2D eigenvalue weighted by atomic mass is 9.93. The average molecular weight is 517 g/mol. The number of hydrogen-bond acceptors (Lipinski definition) is 7. The van der Waals surface area contributed by atoms with Gasteiger partial charge in [-0.2, -0.15) is 4.40 Å². The van der Waals surface area contributed by atoms with Gasteiger partial charge >= 0.3 is 5.97 Å². The first-order chi connectivity index (χ1) is 12.5. The molecule has 1 aliphatic heterocycles. The van der Waals surface area contributed by atoms with Crippen LogP contribution >= 0.6 is 42.1 Å². The minimum Gasteiger partial charge on any atom is -0.464 e. The molecule has 3 N–H and O–H groups in total. The predicted molar refractivity (Wildman–Crippen MR) is 123 cm³/mol. The van der Waals surface area contributed by atoms with Crippen LogP contribution < -0.4 is 5.73 Å². The highest BCUT2D eigenvalue weighted by Gasteiger charge is 2.32. The lowest BCUT2D eigenvalue weighted by Crippen LogP contribution is -2.27. The number of halogens is 1. The summed E-state index contributed by atoms with van der Waals surface area (Å²) in [7, 11) is 1.34. The Balaban J connectivity index is 0.00000301. The molecule has 1 aliphatic rings. The van der Waals surface area contributed by atoms with Crippen molar-refractivity contribution in [1.29, 1.82) is 0 Å². The number of nitrogens with zero attached hydrogens (tertiary/aromatic N) is 2. The molecular formula is C17H32IN3O3S2. The van der Waals surface area contributed by atoms with Crippen LogP contribution in [0, 0.1) is 5.92 Å². The second-order valence-electron chi connectivity index (χ2n) is 5.56. The molecular weight excluding hydrogens is 485 g/mol. The monoisotopic (exact) mass is 517 g/mol. The maximum atomic E-state index is 11.7. The Hall–Kier alpha value is -0.000000000000000167. The van der Waals surface area contributed by atoms with Crippen molar-refractivity contribution < 1.29 is 14.6 Å². The number of carbonyl (C=O) groups excluding carboxylic acids is 1. The number of unbranched alkanes of at least 4 members (excludes halogenated alkanes) is 1. The van der Waals surface area contributed by atoms with E-state index < -0.39 is 12.1 Å². The summed E-state index contributed by atoms with van der Waals surface area (Å²) in [6.07, 6.45) is 3.90. The summed E-state index contributed by atoms with van der Waals surface area (Å²) in [6.45, 7) is 8.20. The Morgan fingerprint density at radius 3 is 2.77 bits per heavy atom. The molecule has 3 unspecified atom stereocenters. The predicted octanol–water partition coefficient (Wildman–Crippen LogP) is 4.39. The van der Waals surface area contributed by atoms with E-state index in [1.54, 1.807) is 6.92 Å². The number of thioether (sulfide) groups is 1. The van der Waals surface area contributed by atoms with Crippen molar-refractivity contribution in [2.75, 3.05) is 12.4 Å². The number of rotatable bonds is 11. The van der Waals surface area contributed by atoms with Gasteiger partial charge in [0, 0.05) is 42.5 Å². The van der Waals surface area contributed by atoms with Gasteiger partial charge in [0.2, 0.25) is 0 Å². The van der Waals surface area contributed by atoms with Crippen LogP contribution in [-0.2, 0) is 9.53 Å². The first-order valence-corrected chi connectivity index (χ1v) is 13.5. The Kier molecular flexibility index (Phi) is 16.0. The molecule has 26 heavy (non-hydrogen) atoms. The van der Waals surface area contributed by atoms with E-state index in [1.807, 2.05) is 13.8 Å². The number of nitrogens with two attached hydrogens (primary N) is 1. The van der Waals surface area contributed by atoms with Crippen LogP contribution in [0.5, 0.6) is 0 Å². The number of hydrogen-bond donors (Lipinski definition) is 2. The number of ether oxygens (including phenoxy) is 1. The molecule has 0 aromatic rings. The van der Waals surface area contributed by atoms with Crippen LogP contribution in [0.3, 0.4) is 0 Å². The SMILES string of the molecule is CC.CCOC(=O)C1CSC(C(O)C(CC)CCCC/C(N)=N/SI)=N1. The lowest BCUT2D eigenvalue weighted by molar-refractivity contribution is -0.143. The zero-order valence-corrected chi connectivity index (χ0v) is 19.9. The summed E-state index contributed by atoms with van der Waals surface area (Å²) in [5, 5.41) is 11.2. The van der Waals surface area contributed by atoms with Crippen molar-refractivity contribution in [3.8, 4) is 0 Å². The van der Waals surface area contributed by atoms with E-state index in [1.165, 1.54) is 20.9 Å². The van der Waals surface area contributed by atoms with Crippen molar-refractivity contribution in [2.24, 2.45) is 21.0 Å². The van der Waals surface area contributed by atoms with Crippen molar-refractivity contribution in [2.45, 2.75) is 71.9 Å². The molecule has 0 amide bonds. The van der Waals surface area contributed by atoms with E-state index in [2.05, 4.69) is 37.5 Å². The normalized spacial score (nSPS) is 19.2. The quantitative estimate of drug-likeness (QED) is 0.105.